The van der Waals surface area contributed by atoms with E-state index in [1.54, 1.807) is 0 Å². The van der Waals surface area contributed by atoms with Crippen molar-refractivity contribution in [3.63, 3.8) is 0 Å². The van der Waals surface area contributed by atoms with Gasteiger partial charge in [0, 0.05) is 33.7 Å². The molecule has 0 fully saturated rings. The summed E-state index contributed by atoms with van der Waals surface area (Å²) in [4.78, 5) is 24.0. The first-order chi connectivity index (χ1) is 12.5. The third-order valence-electron chi connectivity index (χ3n) is 4.50. The lowest BCUT2D eigenvalue weighted by molar-refractivity contribution is -0.384. The molecule has 0 spiro atoms. The average Bonchev–Trinajstić information content (AvgIpc) is 2.90. The lowest BCUT2D eigenvalue weighted by atomic mass is 9.81. The number of rotatable bonds is 3. The SMILES string of the molecule is CC1(C)Cc2c(sc(NC(=O)c3cccc([N+](=O)[O-])c3)c2C#N)C(C)(C)N1. The summed E-state index contributed by atoms with van der Waals surface area (Å²) in [6, 6.07) is 7.76. The highest BCUT2D eigenvalue weighted by molar-refractivity contribution is 7.17. The smallest absolute Gasteiger partial charge is 0.270 e. The van der Waals surface area contributed by atoms with E-state index in [1.807, 2.05) is 0 Å². The Bertz CT molecular complexity index is 985. The summed E-state index contributed by atoms with van der Waals surface area (Å²) in [6.07, 6.45) is 0.678. The molecule has 1 aromatic carbocycles. The molecule has 0 radical (unpaired) electrons. The molecule has 1 aliphatic rings. The number of carbonyl (C=O) groups is 1. The molecular formula is C19H20N4O3S. The van der Waals surface area contributed by atoms with Gasteiger partial charge in [0.2, 0.25) is 0 Å². The van der Waals surface area contributed by atoms with Gasteiger partial charge in [-0.3, -0.25) is 14.9 Å². The number of fused-ring (bicyclic) bond motifs is 1. The van der Waals surface area contributed by atoms with Crippen molar-refractivity contribution < 1.29 is 9.72 Å². The van der Waals surface area contributed by atoms with Crippen LogP contribution in [0.25, 0.3) is 0 Å². The van der Waals surface area contributed by atoms with Crippen molar-refractivity contribution in [2.24, 2.45) is 0 Å². The normalized spacial score (nSPS) is 16.9. The van der Waals surface area contributed by atoms with E-state index in [0.29, 0.717) is 17.0 Å². The number of hydrogen-bond acceptors (Lipinski definition) is 6. The summed E-state index contributed by atoms with van der Waals surface area (Å²) in [5.41, 5.74) is 0.937. The van der Waals surface area contributed by atoms with E-state index in [9.17, 15) is 20.2 Å². The lowest BCUT2D eigenvalue weighted by Gasteiger charge is -2.42. The molecule has 27 heavy (non-hydrogen) atoms. The first kappa shape index (κ1) is 19.0. The van der Waals surface area contributed by atoms with Gasteiger partial charge in [-0.15, -0.1) is 11.3 Å². The molecule has 0 bridgehead atoms. The van der Waals surface area contributed by atoms with E-state index in [4.69, 9.17) is 0 Å². The van der Waals surface area contributed by atoms with Gasteiger partial charge in [-0.1, -0.05) is 6.07 Å². The predicted octanol–water partition coefficient (Wildman–Crippen LogP) is 3.94. The summed E-state index contributed by atoms with van der Waals surface area (Å²) < 4.78 is 0. The molecule has 1 aromatic heterocycles. The Hall–Kier alpha value is -2.76. The summed E-state index contributed by atoms with van der Waals surface area (Å²) in [5, 5.41) is 27.4. The van der Waals surface area contributed by atoms with Gasteiger partial charge in [-0.05, 0) is 45.7 Å². The van der Waals surface area contributed by atoms with Crippen molar-refractivity contribution >= 4 is 27.9 Å². The fourth-order valence-electron chi connectivity index (χ4n) is 3.67. The minimum atomic E-state index is -0.544. The van der Waals surface area contributed by atoms with Gasteiger partial charge in [0.15, 0.2) is 0 Å². The maximum atomic E-state index is 12.6. The third kappa shape index (κ3) is 3.56. The van der Waals surface area contributed by atoms with Gasteiger partial charge < -0.3 is 10.6 Å². The van der Waals surface area contributed by atoms with Crippen molar-refractivity contribution in [2.75, 3.05) is 5.32 Å². The van der Waals surface area contributed by atoms with Crippen molar-refractivity contribution in [1.82, 2.24) is 5.32 Å². The number of nitrogens with zero attached hydrogens (tertiary/aromatic N) is 2. The number of nitro groups is 1. The lowest BCUT2D eigenvalue weighted by Crippen LogP contribution is -2.54. The van der Waals surface area contributed by atoms with Gasteiger partial charge >= 0.3 is 0 Å². The number of nitro benzene ring substituents is 1. The first-order valence-electron chi connectivity index (χ1n) is 8.45. The molecule has 1 aliphatic heterocycles. The van der Waals surface area contributed by atoms with E-state index in [2.05, 4.69) is 44.4 Å². The molecule has 0 atom stereocenters. The zero-order valence-corrected chi connectivity index (χ0v) is 16.4. The van der Waals surface area contributed by atoms with Crippen molar-refractivity contribution in [1.29, 1.82) is 5.26 Å². The van der Waals surface area contributed by atoms with Crippen LogP contribution in [0.15, 0.2) is 24.3 Å². The fraction of sp³-hybridized carbons (Fsp3) is 0.368. The quantitative estimate of drug-likeness (QED) is 0.615. The van der Waals surface area contributed by atoms with E-state index in [0.717, 1.165) is 10.4 Å². The highest BCUT2D eigenvalue weighted by Gasteiger charge is 2.40. The molecule has 2 heterocycles. The summed E-state index contributed by atoms with van der Waals surface area (Å²) in [5.74, 6) is -0.473. The van der Waals surface area contributed by atoms with Crippen LogP contribution in [0.2, 0.25) is 0 Å². The van der Waals surface area contributed by atoms with Crippen molar-refractivity contribution in [3.05, 3.63) is 55.9 Å². The number of hydrogen-bond donors (Lipinski definition) is 2. The second-order valence-corrected chi connectivity index (χ2v) is 8.82. The number of nitriles is 1. The Morgan fingerprint density at radius 1 is 1.37 bits per heavy atom. The number of carbonyl (C=O) groups excluding carboxylic acids is 1. The minimum absolute atomic E-state index is 0.152. The maximum absolute atomic E-state index is 12.6. The van der Waals surface area contributed by atoms with Crippen LogP contribution in [-0.2, 0) is 12.0 Å². The Balaban J connectivity index is 1.99. The molecule has 0 unspecified atom stereocenters. The average molecular weight is 384 g/mol. The topological polar surface area (TPSA) is 108 Å². The van der Waals surface area contributed by atoms with Crippen LogP contribution in [0, 0.1) is 21.4 Å². The summed E-state index contributed by atoms with van der Waals surface area (Å²) in [7, 11) is 0. The van der Waals surface area contributed by atoms with E-state index < -0.39 is 10.8 Å². The maximum Gasteiger partial charge on any atom is 0.270 e. The van der Waals surface area contributed by atoms with Crippen LogP contribution in [-0.4, -0.2) is 16.4 Å². The highest BCUT2D eigenvalue weighted by atomic mass is 32.1. The van der Waals surface area contributed by atoms with Gasteiger partial charge in [0.25, 0.3) is 11.6 Å². The van der Waals surface area contributed by atoms with E-state index >= 15 is 0 Å². The second kappa shape index (κ2) is 6.44. The van der Waals surface area contributed by atoms with Gasteiger partial charge in [0.05, 0.1) is 10.5 Å². The molecule has 2 N–H and O–H groups in total. The number of benzene rings is 1. The molecule has 0 saturated carbocycles. The van der Waals surface area contributed by atoms with Crippen LogP contribution in [0.4, 0.5) is 10.7 Å². The molecule has 7 nitrogen and oxygen atoms in total. The zero-order valence-electron chi connectivity index (χ0n) is 15.5. The van der Waals surface area contributed by atoms with Gasteiger partial charge in [-0.25, -0.2) is 0 Å². The molecule has 8 heteroatoms. The molecule has 0 aliphatic carbocycles. The second-order valence-electron chi connectivity index (χ2n) is 7.80. The van der Waals surface area contributed by atoms with Crippen molar-refractivity contribution in [2.45, 2.75) is 45.2 Å². The molecular weight excluding hydrogens is 364 g/mol. The summed E-state index contributed by atoms with van der Waals surface area (Å²) in [6.45, 7) is 8.27. The number of amides is 1. The minimum Gasteiger partial charge on any atom is -0.312 e. The predicted molar refractivity (Wildman–Crippen MR) is 104 cm³/mol. The summed E-state index contributed by atoms with van der Waals surface area (Å²) >= 11 is 1.38. The standard InChI is InChI=1S/C19H20N4O3S/c1-18(2)9-13-14(10-20)17(27-15(13)19(3,4)22-18)21-16(24)11-6-5-7-12(8-11)23(25)26/h5-8,22H,9H2,1-4H3,(H,21,24). The van der Waals surface area contributed by atoms with Crippen LogP contribution >= 0.6 is 11.3 Å². The zero-order chi connectivity index (χ0) is 20.0. The Morgan fingerprint density at radius 2 is 2.07 bits per heavy atom. The van der Waals surface area contributed by atoms with Crippen LogP contribution in [0.5, 0.6) is 0 Å². The number of thiophene rings is 1. The Morgan fingerprint density at radius 3 is 2.70 bits per heavy atom. The largest absolute Gasteiger partial charge is 0.312 e. The van der Waals surface area contributed by atoms with Gasteiger partial charge in [0.1, 0.15) is 11.1 Å². The highest BCUT2D eigenvalue weighted by Crippen LogP contribution is 2.44. The van der Waals surface area contributed by atoms with E-state index in [1.165, 1.54) is 35.6 Å². The molecule has 2 aromatic rings. The van der Waals surface area contributed by atoms with Crippen molar-refractivity contribution in [3.8, 4) is 6.07 Å². The van der Waals surface area contributed by atoms with Gasteiger partial charge in [-0.2, -0.15) is 5.26 Å². The number of anilines is 1. The fourth-order valence-corrected chi connectivity index (χ4v) is 4.89. The van der Waals surface area contributed by atoms with Crippen LogP contribution in [0.1, 0.15) is 54.1 Å². The number of nitrogens with one attached hydrogen (secondary N) is 2. The molecule has 0 saturated heterocycles. The first-order valence-corrected chi connectivity index (χ1v) is 9.27. The van der Waals surface area contributed by atoms with E-state index in [-0.39, 0.29) is 22.3 Å². The molecule has 1 amide bonds. The van der Waals surface area contributed by atoms with Crippen LogP contribution < -0.4 is 10.6 Å². The third-order valence-corrected chi connectivity index (χ3v) is 5.97. The Labute approximate surface area is 161 Å². The Kier molecular flexibility index (Phi) is 4.54. The van der Waals surface area contributed by atoms with Crippen LogP contribution in [0.3, 0.4) is 0 Å². The molecule has 140 valence electrons. The molecule has 3 rings (SSSR count). The number of non-ortho nitro benzene ring substituents is 1. The monoisotopic (exact) mass is 384 g/mol.